The number of nitrogens with two attached hydrogens (primary N) is 1. The standard InChI is InChI=1S/C8H15N3O/c1-10-4-6(5-10)11-3-2-7(9)8(11)12/h6-7H,2-5,9H2,1H3. The molecule has 0 aromatic carbocycles. The summed E-state index contributed by atoms with van der Waals surface area (Å²) in [6.45, 7) is 2.88. The molecule has 1 amide bonds. The van der Waals surface area contributed by atoms with Crippen LogP contribution in [-0.4, -0.2) is 54.5 Å². The first-order valence-electron chi connectivity index (χ1n) is 4.43. The summed E-state index contributed by atoms with van der Waals surface area (Å²) in [4.78, 5) is 15.6. The van der Waals surface area contributed by atoms with Gasteiger partial charge in [-0.05, 0) is 13.5 Å². The SMILES string of the molecule is CN1CC(N2CCC(N)C2=O)C1. The smallest absolute Gasteiger partial charge is 0.239 e. The fraction of sp³-hybridized carbons (Fsp3) is 0.875. The molecule has 0 aromatic heterocycles. The minimum Gasteiger partial charge on any atom is -0.336 e. The first-order chi connectivity index (χ1) is 5.68. The molecule has 2 fully saturated rings. The average Bonchev–Trinajstić information content (AvgIpc) is 2.28. The molecule has 1 unspecified atom stereocenters. The summed E-state index contributed by atoms with van der Waals surface area (Å²) in [5.74, 6) is 0.146. The van der Waals surface area contributed by atoms with Crippen LogP contribution in [0.3, 0.4) is 0 Å². The fourth-order valence-electron chi connectivity index (χ4n) is 1.95. The topological polar surface area (TPSA) is 49.6 Å². The third-order valence-corrected chi connectivity index (χ3v) is 2.77. The fourth-order valence-corrected chi connectivity index (χ4v) is 1.95. The van der Waals surface area contributed by atoms with Gasteiger partial charge >= 0.3 is 0 Å². The van der Waals surface area contributed by atoms with Gasteiger partial charge in [0.05, 0.1) is 12.1 Å². The molecular formula is C8H15N3O. The molecule has 12 heavy (non-hydrogen) atoms. The van der Waals surface area contributed by atoms with E-state index in [1.165, 1.54) is 0 Å². The van der Waals surface area contributed by atoms with E-state index in [4.69, 9.17) is 5.73 Å². The Morgan fingerprint density at radius 2 is 2.17 bits per heavy atom. The average molecular weight is 169 g/mol. The summed E-state index contributed by atoms with van der Waals surface area (Å²) in [7, 11) is 2.07. The molecule has 2 rings (SSSR count). The van der Waals surface area contributed by atoms with E-state index >= 15 is 0 Å². The van der Waals surface area contributed by atoms with Crippen molar-refractivity contribution in [2.24, 2.45) is 5.73 Å². The summed E-state index contributed by atoms with van der Waals surface area (Å²) >= 11 is 0. The van der Waals surface area contributed by atoms with Crippen molar-refractivity contribution in [3.05, 3.63) is 0 Å². The Hall–Kier alpha value is -0.610. The van der Waals surface area contributed by atoms with Gasteiger partial charge in [-0.1, -0.05) is 0 Å². The highest BCUT2D eigenvalue weighted by atomic mass is 16.2. The van der Waals surface area contributed by atoms with E-state index in [0.717, 1.165) is 26.1 Å². The predicted molar refractivity (Wildman–Crippen MR) is 45.6 cm³/mol. The number of likely N-dealkylation sites (N-methyl/N-ethyl adjacent to an activating group) is 1. The minimum atomic E-state index is -0.226. The van der Waals surface area contributed by atoms with Gasteiger partial charge < -0.3 is 15.5 Å². The zero-order chi connectivity index (χ0) is 8.72. The summed E-state index contributed by atoms with van der Waals surface area (Å²) in [5, 5.41) is 0. The van der Waals surface area contributed by atoms with Gasteiger partial charge in [0.2, 0.25) is 5.91 Å². The van der Waals surface area contributed by atoms with E-state index < -0.39 is 0 Å². The third kappa shape index (κ3) is 1.11. The Morgan fingerprint density at radius 1 is 1.50 bits per heavy atom. The molecule has 2 aliphatic rings. The maximum absolute atomic E-state index is 11.4. The lowest BCUT2D eigenvalue weighted by atomic mass is 10.1. The molecule has 2 heterocycles. The number of carbonyl (C=O) groups excluding carboxylic acids is 1. The lowest BCUT2D eigenvalue weighted by Crippen LogP contribution is -2.58. The van der Waals surface area contributed by atoms with Crippen LogP contribution in [0.2, 0.25) is 0 Å². The van der Waals surface area contributed by atoms with Gasteiger partial charge in [0, 0.05) is 19.6 Å². The van der Waals surface area contributed by atoms with Crippen LogP contribution in [0, 0.1) is 0 Å². The van der Waals surface area contributed by atoms with Crippen molar-refractivity contribution < 1.29 is 4.79 Å². The zero-order valence-corrected chi connectivity index (χ0v) is 7.36. The van der Waals surface area contributed by atoms with Gasteiger partial charge in [0.15, 0.2) is 0 Å². The molecular weight excluding hydrogens is 154 g/mol. The van der Waals surface area contributed by atoms with Gasteiger partial charge in [-0.2, -0.15) is 0 Å². The van der Waals surface area contributed by atoms with Crippen LogP contribution >= 0.6 is 0 Å². The number of rotatable bonds is 1. The van der Waals surface area contributed by atoms with Gasteiger partial charge in [0.1, 0.15) is 0 Å². The highest BCUT2D eigenvalue weighted by Crippen LogP contribution is 2.19. The van der Waals surface area contributed by atoms with Crippen molar-refractivity contribution in [3.63, 3.8) is 0 Å². The van der Waals surface area contributed by atoms with Gasteiger partial charge in [-0.3, -0.25) is 4.79 Å². The largest absolute Gasteiger partial charge is 0.336 e. The van der Waals surface area contributed by atoms with Crippen molar-refractivity contribution in [1.82, 2.24) is 9.80 Å². The Morgan fingerprint density at radius 3 is 2.58 bits per heavy atom. The second-order valence-corrected chi connectivity index (χ2v) is 3.80. The van der Waals surface area contributed by atoms with E-state index in [1.807, 2.05) is 4.90 Å². The number of carbonyl (C=O) groups is 1. The summed E-state index contributed by atoms with van der Waals surface area (Å²) < 4.78 is 0. The van der Waals surface area contributed by atoms with Crippen LogP contribution < -0.4 is 5.73 Å². The monoisotopic (exact) mass is 169 g/mol. The van der Waals surface area contributed by atoms with Crippen LogP contribution in [0.5, 0.6) is 0 Å². The van der Waals surface area contributed by atoms with Crippen LogP contribution in [0.25, 0.3) is 0 Å². The Bertz CT molecular complexity index is 200. The second kappa shape index (κ2) is 2.71. The van der Waals surface area contributed by atoms with Gasteiger partial charge in [-0.25, -0.2) is 0 Å². The molecule has 0 aromatic rings. The van der Waals surface area contributed by atoms with E-state index in [-0.39, 0.29) is 11.9 Å². The number of likely N-dealkylation sites (tertiary alicyclic amines) is 2. The Labute approximate surface area is 72.3 Å². The number of nitrogens with zero attached hydrogens (tertiary/aromatic N) is 2. The van der Waals surface area contributed by atoms with Crippen LogP contribution in [0.1, 0.15) is 6.42 Å². The number of amides is 1. The van der Waals surface area contributed by atoms with Crippen LogP contribution in [0.4, 0.5) is 0 Å². The lowest BCUT2D eigenvalue weighted by molar-refractivity contribution is -0.133. The molecule has 0 aliphatic carbocycles. The highest BCUT2D eigenvalue weighted by Gasteiger charge is 2.38. The maximum Gasteiger partial charge on any atom is 0.239 e. The van der Waals surface area contributed by atoms with E-state index in [0.29, 0.717) is 6.04 Å². The molecule has 2 N–H and O–H groups in total. The first kappa shape index (κ1) is 8.01. The molecule has 0 saturated carbocycles. The molecule has 2 saturated heterocycles. The predicted octanol–water partition coefficient (Wildman–Crippen LogP) is -1.14. The molecule has 0 bridgehead atoms. The minimum absolute atomic E-state index is 0.146. The van der Waals surface area contributed by atoms with Crippen molar-refractivity contribution in [2.45, 2.75) is 18.5 Å². The highest BCUT2D eigenvalue weighted by molar-refractivity contribution is 5.84. The molecule has 4 nitrogen and oxygen atoms in total. The summed E-state index contributed by atoms with van der Waals surface area (Å²) in [6, 6.07) is 0.215. The Kier molecular flexibility index (Phi) is 1.81. The van der Waals surface area contributed by atoms with Crippen molar-refractivity contribution in [2.75, 3.05) is 26.7 Å². The lowest BCUT2D eigenvalue weighted by Gasteiger charge is -2.41. The maximum atomic E-state index is 11.4. The molecule has 0 spiro atoms. The third-order valence-electron chi connectivity index (χ3n) is 2.77. The molecule has 2 aliphatic heterocycles. The quantitative estimate of drug-likeness (QED) is 0.540. The zero-order valence-electron chi connectivity index (χ0n) is 7.36. The van der Waals surface area contributed by atoms with E-state index in [1.54, 1.807) is 0 Å². The van der Waals surface area contributed by atoms with Crippen molar-refractivity contribution >= 4 is 5.91 Å². The van der Waals surface area contributed by atoms with Gasteiger partial charge in [-0.15, -0.1) is 0 Å². The molecule has 0 radical (unpaired) electrons. The Balaban J connectivity index is 1.93. The molecule has 1 atom stereocenters. The normalized spacial score (nSPS) is 32.7. The van der Waals surface area contributed by atoms with Crippen LogP contribution in [0.15, 0.2) is 0 Å². The van der Waals surface area contributed by atoms with E-state index in [9.17, 15) is 4.79 Å². The van der Waals surface area contributed by atoms with Gasteiger partial charge in [0.25, 0.3) is 0 Å². The molecule has 4 heteroatoms. The van der Waals surface area contributed by atoms with Crippen molar-refractivity contribution in [3.8, 4) is 0 Å². The first-order valence-corrected chi connectivity index (χ1v) is 4.43. The number of hydrogen-bond acceptors (Lipinski definition) is 3. The number of hydrogen-bond donors (Lipinski definition) is 1. The van der Waals surface area contributed by atoms with Crippen LogP contribution in [-0.2, 0) is 4.79 Å². The summed E-state index contributed by atoms with van der Waals surface area (Å²) in [5.41, 5.74) is 5.62. The molecule has 68 valence electrons. The van der Waals surface area contributed by atoms with E-state index in [2.05, 4.69) is 11.9 Å². The summed E-state index contributed by atoms with van der Waals surface area (Å²) in [6.07, 6.45) is 0.832. The second-order valence-electron chi connectivity index (χ2n) is 3.80. The van der Waals surface area contributed by atoms with Crippen molar-refractivity contribution in [1.29, 1.82) is 0 Å².